The zero-order valence-corrected chi connectivity index (χ0v) is 14.4. The number of carbonyl (C=O) groups is 1. The minimum Gasteiger partial charge on any atom is -0.468 e. The highest BCUT2D eigenvalue weighted by Crippen LogP contribution is 2.27. The van der Waals surface area contributed by atoms with E-state index in [1.54, 1.807) is 12.1 Å². The van der Waals surface area contributed by atoms with Crippen molar-refractivity contribution in [3.8, 4) is 0 Å². The predicted molar refractivity (Wildman–Crippen MR) is 90.8 cm³/mol. The molecular weight excluding hydrogens is 348 g/mol. The Hall–Kier alpha value is -2.94. The second-order valence-electron chi connectivity index (χ2n) is 5.18. The van der Waals surface area contributed by atoms with Gasteiger partial charge in [0.15, 0.2) is 0 Å². The van der Waals surface area contributed by atoms with Crippen LogP contribution in [0.4, 0.5) is 11.4 Å². The quantitative estimate of drug-likeness (QED) is 0.442. The predicted octanol–water partition coefficient (Wildman–Crippen LogP) is 2.27. The number of sulfonamides is 1. The van der Waals surface area contributed by atoms with E-state index >= 15 is 0 Å². The Kier molecular flexibility index (Phi) is 5.38. The van der Waals surface area contributed by atoms with Gasteiger partial charge in [-0.2, -0.15) is 0 Å². The topological polar surface area (TPSA) is 107 Å². The third kappa shape index (κ3) is 4.13. The molecule has 9 heteroatoms. The van der Waals surface area contributed by atoms with E-state index in [1.807, 2.05) is 6.92 Å². The van der Waals surface area contributed by atoms with E-state index in [2.05, 4.69) is 4.74 Å². The van der Waals surface area contributed by atoms with Crippen molar-refractivity contribution < 1.29 is 22.9 Å². The van der Waals surface area contributed by atoms with Crippen LogP contribution in [0.15, 0.2) is 53.4 Å². The molecule has 2 aromatic carbocycles. The fourth-order valence-electron chi connectivity index (χ4n) is 2.10. The van der Waals surface area contributed by atoms with Crippen LogP contribution in [0.5, 0.6) is 0 Å². The van der Waals surface area contributed by atoms with Crippen molar-refractivity contribution >= 4 is 27.4 Å². The van der Waals surface area contributed by atoms with Crippen LogP contribution >= 0.6 is 0 Å². The number of ether oxygens (including phenoxy) is 1. The van der Waals surface area contributed by atoms with E-state index in [9.17, 15) is 23.3 Å². The molecule has 2 aromatic rings. The summed E-state index contributed by atoms with van der Waals surface area (Å²) in [6.07, 6.45) is 0. The third-order valence-electron chi connectivity index (χ3n) is 3.44. The number of benzene rings is 2. The zero-order valence-electron chi connectivity index (χ0n) is 13.6. The molecule has 0 bridgehead atoms. The molecule has 2 rings (SSSR count). The molecule has 0 aromatic heterocycles. The first-order chi connectivity index (χ1) is 11.8. The SMILES string of the molecule is COC(=O)CN(c1cccc([N+](=O)[O-])c1)S(=O)(=O)c1ccc(C)cc1. The number of nitro groups is 1. The molecule has 25 heavy (non-hydrogen) atoms. The van der Waals surface area contributed by atoms with Crippen LogP contribution in [-0.2, 0) is 19.6 Å². The standard InChI is InChI=1S/C16H16N2O6S/c1-12-6-8-15(9-7-12)25(22,23)17(11-16(19)24-2)13-4-3-5-14(10-13)18(20)21/h3-10H,11H2,1-2H3. The summed E-state index contributed by atoms with van der Waals surface area (Å²) in [7, 11) is -2.98. The number of hydrogen-bond acceptors (Lipinski definition) is 6. The Morgan fingerprint density at radius 3 is 2.40 bits per heavy atom. The van der Waals surface area contributed by atoms with Crippen LogP contribution in [0.25, 0.3) is 0 Å². The first kappa shape index (κ1) is 18.4. The molecule has 0 saturated carbocycles. The normalized spacial score (nSPS) is 11.0. The summed E-state index contributed by atoms with van der Waals surface area (Å²) in [5.74, 6) is -0.790. The third-order valence-corrected chi connectivity index (χ3v) is 5.23. The van der Waals surface area contributed by atoms with Gasteiger partial charge in [-0.05, 0) is 25.1 Å². The Labute approximate surface area is 144 Å². The van der Waals surface area contributed by atoms with E-state index in [4.69, 9.17) is 0 Å². The lowest BCUT2D eigenvalue weighted by molar-refractivity contribution is -0.384. The van der Waals surface area contributed by atoms with Crippen molar-refractivity contribution in [3.63, 3.8) is 0 Å². The van der Waals surface area contributed by atoms with Gasteiger partial charge in [0.05, 0.1) is 22.6 Å². The Bertz CT molecular complexity index is 893. The lowest BCUT2D eigenvalue weighted by Gasteiger charge is -2.23. The molecular formula is C16H16N2O6S. The molecule has 0 aliphatic carbocycles. The highest BCUT2D eigenvalue weighted by molar-refractivity contribution is 7.92. The monoisotopic (exact) mass is 364 g/mol. The number of hydrogen-bond donors (Lipinski definition) is 0. The van der Waals surface area contributed by atoms with Crippen LogP contribution in [0.3, 0.4) is 0 Å². The summed E-state index contributed by atoms with van der Waals surface area (Å²) in [5, 5.41) is 11.0. The molecule has 8 nitrogen and oxygen atoms in total. The second kappa shape index (κ2) is 7.31. The largest absolute Gasteiger partial charge is 0.468 e. The number of methoxy groups -OCH3 is 1. The highest BCUT2D eigenvalue weighted by Gasteiger charge is 2.28. The van der Waals surface area contributed by atoms with Crippen molar-refractivity contribution in [2.24, 2.45) is 0 Å². The summed E-state index contributed by atoms with van der Waals surface area (Å²) in [4.78, 5) is 22.0. The van der Waals surface area contributed by atoms with E-state index < -0.39 is 27.5 Å². The van der Waals surface area contributed by atoms with Crippen molar-refractivity contribution in [3.05, 3.63) is 64.2 Å². The van der Waals surface area contributed by atoms with Gasteiger partial charge in [0, 0.05) is 12.1 Å². The van der Waals surface area contributed by atoms with Gasteiger partial charge in [-0.1, -0.05) is 23.8 Å². The number of non-ortho nitro benzene ring substituents is 1. The van der Waals surface area contributed by atoms with Gasteiger partial charge < -0.3 is 4.74 Å². The Morgan fingerprint density at radius 1 is 1.20 bits per heavy atom. The van der Waals surface area contributed by atoms with E-state index in [-0.39, 0.29) is 16.3 Å². The molecule has 0 heterocycles. The van der Waals surface area contributed by atoms with Crippen LogP contribution in [0.2, 0.25) is 0 Å². The van der Waals surface area contributed by atoms with Crippen molar-refractivity contribution in [2.75, 3.05) is 18.0 Å². The van der Waals surface area contributed by atoms with Crippen molar-refractivity contribution in [1.82, 2.24) is 0 Å². The Morgan fingerprint density at radius 2 is 1.84 bits per heavy atom. The summed E-state index contributed by atoms with van der Waals surface area (Å²) in [5.41, 5.74) is 0.584. The van der Waals surface area contributed by atoms with Gasteiger partial charge >= 0.3 is 5.97 Å². The first-order valence-electron chi connectivity index (χ1n) is 7.16. The summed E-state index contributed by atoms with van der Waals surface area (Å²) < 4.78 is 31.2. The molecule has 0 N–H and O–H groups in total. The molecule has 0 atom stereocenters. The fourth-order valence-corrected chi connectivity index (χ4v) is 3.50. The highest BCUT2D eigenvalue weighted by atomic mass is 32.2. The Balaban J connectivity index is 2.56. The first-order valence-corrected chi connectivity index (χ1v) is 8.60. The molecule has 0 aliphatic heterocycles. The molecule has 132 valence electrons. The maximum absolute atomic E-state index is 12.9. The summed E-state index contributed by atoms with van der Waals surface area (Å²) >= 11 is 0. The molecule has 0 fully saturated rings. The molecule has 0 aliphatic rings. The number of esters is 1. The minimum atomic E-state index is -4.11. The lowest BCUT2D eigenvalue weighted by Crippen LogP contribution is -2.36. The van der Waals surface area contributed by atoms with E-state index in [1.165, 1.54) is 30.3 Å². The number of aryl methyl sites for hydroxylation is 1. The zero-order chi connectivity index (χ0) is 18.6. The van der Waals surface area contributed by atoms with Crippen LogP contribution in [0.1, 0.15) is 5.56 Å². The molecule has 0 spiro atoms. The van der Waals surface area contributed by atoms with Crippen molar-refractivity contribution in [1.29, 1.82) is 0 Å². The number of nitro benzene ring substituents is 1. The average molecular weight is 364 g/mol. The molecule has 0 unspecified atom stereocenters. The van der Waals surface area contributed by atoms with Gasteiger partial charge in [0.1, 0.15) is 6.54 Å². The average Bonchev–Trinajstić information content (AvgIpc) is 2.59. The second-order valence-corrected chi connectivity index (χ2v) is 7.04. The van der Waals surface area contributed by atoms with Crippen LogP contribution in [0, 0.1) is 17.0 Å². The van der Waals surface area contributed by atoms with Gasteiger partial charge in [-0.25, -0.2) is 8.42 Å². The molecule has 0 amide bonds. The van der Waals surface area contributed by atoms with E-state index in [0.29, 0.717) is 0 Å². The minimum absolute atomic E-state index is 0.000162. The number of carbonyl (C=O) groups excluding carboxylic acids is 1. The summed E-state index contributed by atoms with van der Waals surface area (Å²) in [6.45, 7) is 1.21. The van der Waals surface area contributed by atoms with Gasteiger partial charge in [-0.15, -0.1) is 0 Å². The molecule has 0 radical (unpaired) electrons. The van der Waals surface area contributed by atoms with Crippen molar-refractivity contribution in [2.45, 2.75) is 11.8 Å². The number of nitrogens with zero attached hydrogens (tertiary/aromatic N) is 2. The number of rotatable bonds is 6. The van der Waals surface area contributed by atoms with Gasteiger partial charge in [0.2, 0.25) is 0 Å². The van der Waals surface area contributed by atoms with Gasteiger partial charge in [-0.3, -0.25) is 19.2 Å². The smallest absolute Gasteiger partial charge is 0.326 e. The van der Waals surface area contributed by atoms with Gasteiger partial charge in [0.25, 0.3) is 15.7 Å². The molecule has 0 saturated heterocycles. The van der Waals surface area contributed by atoms with Crippen LogP contribution in [-0.4, -0.2) is 33.0 Å². The maximum atomic E-state index is 12.9. The lowest BCUT2D eigenvalue weighted by atomic mass is 10.2. The van der Waals surface area contributed by atoms with Crippen LogP contribution < -0.4 is 4.31 Å². The van der Waals surface area contributed by atoms with E-state index in [0.717, 1.165) is 23.0 Å². The number of anilines is 1. The summed E-state index contributed by atoms with van der Waals surface area (Å²) in [6, 6.07) is 11.1. The maximum Gasteiger partial charge on any atom is 0.326 e. The fraction of sp³-hybridized carbons (Fsp3) is 0.188.